The summed E-state index contributed by atoms with van der Waals surface area (Å²) in [7, 11) is 0. The van der Waals surface area contributed by atoms with Gasteiger partial charge in [0.15, 0.2) is 0 Å². The maximum atomic E-state index is 12.0. The third kappa shape index (κ3) is 2.18. The molecule has 5 nitrogen and oxygen atoms in total. The van der Waals surface area contributed by atoms with Gasteiger partial charge in [-0.25, -0.2) is 10.8 Å². The van der Waals surface area contributed by atoms with Crippen molar-refractivity contribution in [2.24, 2.45) is 17.2 Å². The van der Waals surface area contributed by atoms with Crippen molar-refractivity contribution >= 4 is 11.7 Å². The molecule has 5 heteroatoms. The van der Waals surface area contributed by atoms with Crippen molar-refractivity contribution < 1.29 is 4.79 Å². The van der Waals surface area contributed by atoms with Gasteiger partial charge in [-0.2, -0.15) is 0 Å². The predicted octanol–water partition coefficient (Wildman–Crippen LogP) is 1.29. The average Bonchev–Trinajstić information content (AvgIpc) is 3.28. The van der Waals surface area contributed by atoms with Crippen LogP contribution in [0.2, 0.25) is 0 Å². The van der Waals surface area contributed by atoms with E-state index in [-0.39, 0.29) is 5.91 Å². The van der Waals surface area contributed by atoms with Crippen LogP contribution in [0.4, 0.5) is 5.82 Å². The van der Waals surface area contributed by atoms with Crippen molar-refractivity contribution in [2.45, 2.75) is 25.7 Å². The number of hydrogen-bond donors (Lipinski definition) is 3. The van der Waals surface area contributed by atoms with Crippen LogP contribution in [0.15, 0.2) is 18.3 Å². The number of carbonyl (C=O) groups excluding carboxylic acids is 1. The zero-order chi connectivity index (χ0) is 12.6. The molecule has 2 aliphatic carbocycles. The Morgan fingerprint density at radius 2 is 2.22 bits per heavy atom. The molecule has 0 saturated heterocycles. The van der Waals surface area contributed by atoms with Gasteiger partial charge >= 0.3 is 0 Å². The summed E-state index contributed by atoms with van der Waals surface area (Å²) in [5.74, 6) is 6.60. The lowest BCUT2D eigenvalue weighted by molar-refractivity contribution is 0.0942. The Labute approximate surface area is 106 Å². The monoisotopic (exact) mass is 246 g/mol. The van der Waals surface area contributed by atoms with Gasteiger partial charge in [-0.3, -0.25) is 4.79 Å². The Bertz CT molecular complexity index is 449. The topological polar surface area (TPSA) is 80.0 Å². The molecule has 0 radical (unpaired) electrons. The Hall–Kier alpha value is -1.62. The Balaban J connectivity index is 1.57. The second-order valence-corrected chi connectivity index (χ2v) is 5.40. The Morgan fingerprint density at radius 1 is 1.44 bits per heavy atom. The number of rotatable bonds is 5. The molecule has 0 aromatic carbocycles. The van der Waals surface area contributed by atoms with Crippen LogP contribution in [0, 0.1) is 11.3 Å². The number of anilines is 1. The van der Waals surface area contributed by atoms with Crippen molar-refractivity contribution in [2.75, 3.05) is 12.0 Å². The first-order valence-corrected chi connectivity index (χ1v) is 6.44. The molecular weight excluding hydrogens is 228 g/mol. The van der Waals surface area contributed by atoms with Gasteiger partial charge in [-0.05, 0) is 49.1 Å². The fourth-order valence-corrected chi connectivity index (χ4v) is 2.56. The van der Waals surface area contributed by atoms with E-state index in [9.17, 15) is 4.79 Å². The minimum Gasteiger partial charge on any atom is -0.351 e. The first kappa shape index (κ1) is 11.5. The summed E-state index contributed by atoms with van der Waals surface area (Å²) < 4.78 is 0. The minimum absolute atomic E-state index is 0.0435. The number of pyridine rings is 1. The number of amides is 1. The van der Waals surface area contributed by atoms with Crippen LogP contribution in [0.25, 0.3) is 0 Å². The third-order valence-electron chi connectivity index (χ3n) is 4.11. The molecular formula is C13H18N4O. The lowest BCUT2D eigenvalue weighted by atomic mass is 10.0. The normalized spacial score (nSPS) is 20.3. The SMILES string of the molecule is NNc1ccc(C(=O)NCC2(C3CC3)CC2)cn1. The van der Waals surface area contributed by atoms with Gasteiger partial charge in [0, 0.05) is 12.7 Å². The van der Waals surface area contributed by atoms with Gasteiger partial charge in [0.25, 0.3) is 5.91 Å². The van der Waals surface area contributed by atoms with Crippen LogP contribution in [0.1, 0.15) is 36.0 Å². The standard InChI is InChI=1S/C13H18N4O/c14-17-11-4-1-9(7-15-11)12(18)16-8-13(5-6-13)10-2-3-10/h1,4,7,10H,2-3,5-6,8,14H2,(H,15,17)(H,16,18). The highest BCUT2D eigenvalue weighted by molar-refractivity contribution is 5.94. The van der Waals surface area contributed by atoms with Crippen LogP contribution in [0.5, 0.6) is 0 Å². The maximum Gasteiger partial charge on any atom is 0.252 e. The molecule has 0 unspecified atom stereocenters. The van der Waals surface area contributed by atoms with Gasteiger partial charge in [0.2, 0.25) is 0 Å². The third-order valence-corrected chi connectivity index (χ3v) is 4.11. The molecule has 1 amide bonds. The fraction of sp³-hybridized carbons (Fsp3) is 0.538. The number of carbonyl (C=O) groups is 1. The summed E-state index contributed by atoms with van der Waals surface area (Å²) >= 11 is 0. The molecule has 1 aromatic heterocycles. The predicted molar refractivity (Wildman–Crippen MR) is 68.8 cm³/mol. The zero-order valence-corrected chi connectivity index (χ0v) is 10.3. The minimum atomic E-state index is -0.0435. The van der Waals surface area contributed by atoms with Crippen molar-refractivity contribution in [3.8, 4) is 0 Å². The number of nitrogens with zero attached hydrogens (tertiary/aromatic N) is 1. The van der Waals surface area contributed by atoms with Crippen LogP contribution in [0.3, 0.4) is 0 Å². The quantitative estimate of drug-likeness (QED) is 0.540. The van der Waals surface area contributed by atoms with E-state index >= 15 is 0 Å². The van der Waals surface area contributed by atoms with Crippen LogP contribution < -0.4 is 16.6 Å². The van der Waals surface area contributed by atoms with E-state index in [2.05, 4.69) is 15.7 Å². The molecule has 1 aromatic rings. The number of hydrazine groups is 1. The van der Waals surface area contributed by atoms with Crippen LogP contribution in [-0.4, -0.2) is 17.4 Å². The summed E-state index contributed by atoms with van der Waals surface area (Å²) in [5, 5.41) is 3.03. The number of nitrogen functional groups attached to an aromatic ring is 1. The van der Waals surface area contributed by atoms with Gasteiger partial charge in [-0.1, -0.05) is 0 Å². The molecule has 3 rings (SSSR count). The summed E-state index contributed by atoms with van der Waals surface area (Å²) in [4.78, 5) is 16.0. The molecule has 1 heterocycles. The highest BCUT2D eigenvalue weighted by Crippen LogP contribution is 2.60. The molecule has 0 atom stereocenters. The molecule has 2 fully saturated rings. The van der Waals surface area contributed by atoms with Crippen LogP contribution >= 0.6 is 0 Å². The van der Waals surface area contributed by atoms with E-state index in [0.717, 1.165) is 12.5 Å². The van der Waals surface area contributed by atoms with Crippen LogP contribution in [-0.2, 0) is 0 Å². The number of aromatic nitrogens is 1. The van der Waals surface area contributed by atoms with Gasteiger partial charge < -0.3 is 10.7 Å². The molecule has 2 aliphatic rings. The van der Waals surface area contributed by atoms with Crippen molar-refractivity contribution in [1.82, 2.24) is 10.3 Å². The maximum absolute atomic E-state index is 12.0. The van der Waals surface area contributed by atoms with Gasteiger partial charge in [0.05, 0.1) is 5.56 Å². The molecule has 0 bridgehead atoms. The first-order valence-electron chi connectivity index (χ1n) is 6.44. The van der Waals surface area contributed by atoms with E-state index in [1.54, 1.807) is 18.3 Å². The smallest absolute Gasteiger partial charge is 0.252 e. The number of hydrogen-bond acceptors (Lipinski definition) is 4. The molecule has 0 spiro atoms. The lowest BCUT2D eigenvalue weighted by Crippen LogP contribution is -2.31. The second-order valence-electron chi connectivity index (χ2n) is 5.40. The first-order chi connectivity index (χ1) is 8.73. The summed E-state index contributed by atoms with van der Waals surface area (Å²) in [6.45, 7) is 0.813. The molecule has 0 aliphatic heterocycles. The zero-order valence-electron chi connectivity index (χ0n) is 10.3. The highest BCUT2D eigenvalue weighted by atomic mass is 16.1. The van der Waals surface area contributed by atoms with Crippen molar-refractivity contribution in [3.05, 3.63) is 23.9 Å². The van der Waals surface area contributed by atoms with E-state index < -0.39 is 0 Å². The molecule has 2 saturated carbocycles. The summed E-state index contributed by atoms with van der Waals surface area (Å²) in [6, 6.07) is 3.43. The fourth-order valence-electron chi connectivity index (χ4n) is 2.56. The number of nitrogens with two attached hydrogens (primary N) is 1. The van der Waals surface area contributed by atoms with Crippen molar-refractivity contribution in [3.63, 3.8) is 0 Å². The van der Waals surface area contributed by atoms with Gasteiger partial charge in [-0.15, -0.1) is 0 Å². The largest absolute Gasteiger partial charge is 0.351 e. The van der Waals surface area contributed by atoms with E-state index in [0.29, 0.717) is 16.8 Å². The van der Waals surface area contributed by atoms with E-state index in [1.165, 1.54) is 25.7 Å². The van der Waals surface area contributed by atoms with E-state index in [1.807, 2.05) is 0 Å². The average molecular weight is 246 g/mol. The molecule has 18 heavy (non-hydrogen) atoms. The Morgan fingerprint density at radius 3 is 2.72 bits per heavy atom. The van der Waals surface area contributed by atoms with E-state index in [4.69, 9.17) is 5.84 Å². The lowest BCUT2D eigenvalue weighted by Gasteiger charge is -2.14. The molecule has 4 N–H and O–H groups in total. The summed E-state index contributed by atoms with van der Waals surface area (Å²) in [5.41, 5.74) is 3.46. The molecule has 96 valence electrons. The van der Waals surface area contributed by atoms with Crippen molar-refractivity contribution in [1.29, 1.82) is 0 Å². The Kier molecular flexibility index (Phi) is 2.70. The number of nitrogens with one attached hydrogen (secondary N) is 2. The van der Waals surface area contributed by atoms with Gasteiger partial charge in [0.1, 0.15) is 5.82 Å². The second kappa shape index (κ2) is 4.24. The highest BCUT2D eigenvalue weighted by Gasteiger charge is 2.53. The summed E-state index contributed by atoms with van der Waals surface area (Å²) in [6.07, 6.45) is 6.77.